The number of aryl methyl sites for hydroxylation is 2. The van der Waals surface area contributed by atoms with Crippen LogP contribution in [0.15, 0.2) is 42.3 Å². The zero-order chi connectivity index (χ0) is 18.1. The normalized spacial score (nSPS) is 10.9. The lowest BCUT2D eigenvalue weighted by molar-refractivity contribution is 0.409. The summed E-state index contributed by atoms with van der Waals surface area (Å²) < 4.78 is 12.5. The van der Waals surface area contributed by atoms with E-state index in [0.717, 1.165) is 32.7 Å². The summed E-state index contributed by atoms with van der Waals surface area (Å²) in [5.41, 5.74) is 6.36. The molecule has 0 aliphatic rings. The molecule has 0 N–H and O–H groups in total. The predicted molar refractivity (Wildman–Crippen MR) is 101 cm³/mol. The maximum Gasteiger partial charge on any atom is 0.238 e. The molecule has 0 spiro atoms. The van der Waals surface area contributed by atoms with Gasteiger partial charge < -0.3 is 9.47 Å². The molecule has 26 heavy (non-hydrogen) atoms. The molecular weight excluding hydrogens is 348 g/mol. The first-order valence-corrected chi connectivity index (χ1v) is 8.88. The van der Waals surface area contributed by atoms with E-state index in [1.807, 2.05) is 38.1 Å². The van der Waals surface area contributed by atoms with Crippen molar-refractivity contribution in [2.45, 2.75) is 13.8 Å². The van der Waals surface area contributed by atoms with Crippen LogP contribution < -0.4 is 9.47 Å². The second kappa shape index (κ2) is 6.68. The molecule has 1 aromatic carbocycles. The highest BCUT2D eigenvalue weighted by atomic mass is 32.1. The first-order chi connectivity index (χ1) is 12.7. The number of fused-ring (bicyclic) bond motifs is 1. The average Bonchev–Trinajstić information content (AvgIpc) is 3.12. The Morgan fingerprint density at radius 3 is 2.54 bits per heavy atom. The van der Waals surface area contributed by atoms with E-state index in [4.69, 9.17) is 9.47 Å². The van der Waals surface area contributed by atoms with Crippen molar-refractivity contribution in [1.29, 1.82) is 0 Å². The maximum atomic E-state index is 5.99. The maximum absolute atomic E-state index is 5.99. The Hall–Kier alpha value is -3.06. The highest BCUT2D eigenvalue weighted by molar-refractivity contribution is 7.17. The van der Waals surface area contributed by atoms with Crippen LogP contribution in [0.2, 0.25) is 0 Å². The Morgan fingerprint density at radius 2 is 1.77 bits per heavy atom. The van der Waals surface area contributed by atoms with E-state index in [-0.39, 0.29) is 0 Å². The smallest absolute Gasteiger partial charge is 0.238 e. The molecule has 0 saturated carbocycles. The van der Waals surface area contributed by atoms with Crippen LogP contribution in [0.5, 0.6) is 17.4 Å². The van der Waals surface area contributed by atoms with E-state index in [2.05, 4.69) is 19.9 Å². The Bertz CT molecular complexity index is 1070. The first-order valence-electron chi connectivity index (χ1n) is 8.00. The van der Waals surface area contributed by atoms with Crippen molar-refractivity contribution >= 4 is 21.6 Å². The number of methoxy groups -OCH3 is 1. The SMILES string of the molecule is COc1cc(Oc2nccc3ncsc23)ccc1-c1c(C)ncnc1C. The van der Waals surface area contributed by atoms with Crippen LogP contribution in [0, 0.1) is 13.8 Å². The second-order valence-corrected chi connectivity index (χ2v) is 6.56. The first kappa shape index (κ1) is 16.4. The summed E-state index contributed by atoms with van der Waals surface area (Å²) in [4.78, 5) is 17.2. The van der Waals surface area contributed by atoms with Gasteiger partial charge in [-0.2, -0.15) is 0 Å². The van der Waals surface area contributed by atoms with E-state index in [1.54, 1.807) is 25.1 Å². The van der Waals surface area contributed by atoms with Crippen molar-refractivity contribution in [3.8, 4) is 28.5 Å². The molecule has 130 valence electrons. The van der Waals surface area contributed by atoms with Gasteiger partial charge in [0, 0.05) is 34.8 Å². The fourth-order valence-electron chi connectivity index (χ4n) is 2.88. The lowest BCUT2D eigenvalue weighted by atomic mass is 10.0. The number of hydrogen-bond donors (Lipinski definition) is 0. The molecule has 3 aromatic heterocycles. The molecule has 0 bridgehead atoms. The van der Waals surface area contributed by atoms with Crippen molar-refractivity contribution < 1.29 is 9.47 Å². The molecule has 4 aromatic rings. The summed E-state index contributed by atoms with van der Waals surface area (Å²) in [6, 6.07) is 7.57. The number of benzene rings is 1. The largest absolute Gasteiger partial charge is 0.496 e. The minimum Gasteiger partial charge on any atom is -0.496 e. The molecule has 0 aliphatic carbocycles. The van der Waals surface area contributed by atoms with E-state index in [0.29, 0.717) is 17.4 Å². The number of hydrogen-bond acceptors (Lipinski definition) is 7. The highest BCUT2D eigenvalue weighted by Crippen LogP contribution is 2.38. The van der Waals surface area contributed by atoms with Crippen LogP contribution in [0.25, 0.3) is 21.3 Å². The molecule has 0 unspecified atom stereocenters. The molecule has 0 aliphatic heterocycles. The van der Waals surface area contributed by atoms with E-state index in [1.165, 1.54) is 11.3 Å². The molecular formula is C19H16N4O2S. The van der Waals surface area contributed by atoms with Crippen LogP contribution in [0.1, 0.15) is 11.4 Å². The van der Waals surface area contributed by atoms with Crippen LogP contribution in [0.3, 0.4) is 0 Å². The fraction of sp³-hybridized carbons (Fsp3) is 0.158. The van der Waals surface area contributed by atoms with Crippen LogP contribution in [0.4, 0.5) is 0 Å². The lowest BCUT2D eigenvalue weighted by Gasteiger charge is -2.14. The van der Waals surface area contributed by atoms with Gasteiger partial charge >= 0.3 is 0 Å². The number of aromatic nitrogens is 4. The summed E-state index contributed by atoms with van der Waals surface area (Å²) in [6.07, 6.45) is 3.26. The molecule has 0 saturated heterocycles. The van der Waals surface area contributed by atoms with Crippen LogP contribution in [-0.2, 0) is 0 Å². The number of nitrogens with zero attached hydrogens (tertiary/aromatic N) is 4. The molecule has 7 heteroatoms. The van der Waals surface area contributed by atoms with Gasteiger partial charge in [0.15, 0.2) is 0 Å². The zero-order valence-electron chi connectivity index (χ0n) is 14.6. The molecule has 0 amide bonds. The van der Waals surface area contributed by atoms with Crippen molar-refractivity contribution in [2.75, 3.05) is 7.11 Å². The lowest BCUT2D eigenvalue weighted by Crippen LogP contribution is -1.97. The summed E-state index contributed by atoms with van der Waals surface area (Å²) in [6.45, 7) is 3.92. The van der Waals surface area contributed by atoms with Crippen molar-refractivity contribution in [1.82, 2.24) is 19.9 Å². The van der Waals surface area contributed by atoms with Crippen LogP contribution >= 0.6 is 11.3 Å². The van der Waals surface area contributed by atoms with E-state index in [9.17, 15) is 0 Å². The van der Waals surface area contributed by atoms with Gasteiger partial charge in [-0.3, -0.25) is 0 Å². The fourth-order valence-corrected chi connectivity index (χ4v) is 3.58. The number of rotatable bonds is 4. The monoisotopic (exact) mass is 364 g/mol. The van der Waals surface area contributed by atoms with E-state index >= 15 is 0 Å². The Labute approximate surface area is 154 Å². The standard InChI is InChI=1S/C19H16N4O2S/c1-11-17(12(2)22-9-21-11)14-5-4-13(8-16(14)24-3)25-19-18-15(6-7-20-19)23-10-26-18/h4-10H,1-3H3. The van der Waals surface area contributed by atoms with Gasteiger partial charge in [0.1, 0.15) is 22.5 Å². The Kier molecular flexibility index (Phi) is 4.22. The molecule has 0 fully saturated rings. The third-order valence-electron chi connectivity index (χ3n) is 4.10. The van der Waals surface area contributed by atoms with Gasteiger partial charge in [-0.15, -0.1) is 11.3 Å². The Morgan fingerprint density at radius 1 is 0.962 bits per heavy atom. The number of thiazole rings is 1. The van der Waals surface area contributed by atoms with Gasteiger partial charge in [0.2, 0.25) is 5.88 Å². The van der Waals surface area contributed by atoms with Gasteiger partial charge in [-0.25, -0.2) is 19.9 Å². The van der Waals surface area contributed by atoms with Gasteiger partial charge in [0.05, 0.1) is 18.1 Å². The topological polar surface area (TPSA) is 70.0 Å². The average molecular weight is 364 g/mol. The third-order valence-corrected chi connectivity index (χ3v) is 4.93. The molecule has 3 heterocycles. The molecule has 6 nitrogen and oxygen atoms in total. The number of pyridine rings is 1. The van der Waals surface area contributed by atoms with Crippen molar-refractivity contribution in [3.63, 3.8) is 0 Å². The summed E-state index contributed by atoms with van der Waals surface area (Å²) >= 11 is 1.50. The molecule has 0 radical (unpaired) electrons. The second-order valence-electron chi connectivity index (χ2n) is 5.70. The number of ether oxygens (including phenoxy) is 2. The van der Waals surface area contributed by atoms with E-state index < -0.39 is 0 Å². The summed E-state index contributed by atoms with van der Waals surface area (Å²) in [7, 11) is 1.64. The van der Waals surface area contributed by atoms with Gasteiger partial charge in [0.25, 0.3) is 0 Å². The third kappa shape index (κ3) is 2.86. The quantitative estimate of drug-likeness (QED) is 0.528. The summed E-state index contributed by atoms with van der Waals surface area (Å²) in [5, 5.41) is 0. The zero-order valence-corrected chi connectivity index (χ0v) is 15.4. The molecule has 4 rings (SSSR count). The predicted octanol–water partition coefficient (Wildman–Crippen LogP) is 4.57. The minimum absolute atomic E-state index is 0.537. The van der Waals surface area contributed by atoms with Crippen molar-refractivity contribution in [3.05, 3.63) is 53.7 Å². The Balaban J connectivity index is 1.75. The van der Waals surface area contributed by atoms with Crippen molar-refractivity contribution in [2.24, 2.45) is 0 Å². The minimum atomic E-state index is 0.537. The van der Waals surface area contributed by atoms with Gasteiger partial charge in [-0.1, -0.05) is 0 Å². The molecule has 0 atom stereocenters. The summed E-state index contributed by atoms with van der Waals surface area (Å²) in [5.74, 6) is 1.88. The van der Waals surface area contributed by atoms with Crippen LogP contribution in [-0.4, -0.2) is 27.0 Å². The highest BCUT2D eigenvalue weighted by Gasteiger charge is 2.15. The van der Waals surface area contributed by atoms with Gasteiger partial charge in [-0.05, 0) is 32.0 Å².